The summed E-state index contributed by atoms with van der Waals surface area (Å²) < 4.78 is 9.83. The number of morpholine rings is 1. The Morgan fingerprint density at radius 1 is 1.78 bits per heavy atom. The first-order valence-corrected chi connectivity index (χ1v) is 2.98. The van der Waals surface area contributed by atoms with Gasteiger partial charge in [-0.15, -0.1) is 0 Å². The average molecular weight is 133 g/mol. The Morgan fingerprint density at radius 3 is 3.00 bits per heavy atom. The van der Waals surface area contributed by atoms with Crippen molar-refractivity contribution in [3.63, 3.8) is 0 Å². The second-order valence-electron chi connectivity index (χ2n) is 2.02. The lowest BCUT2D eigenvalue weighted by Gasteiger charge is -2.33. The highest BCUT2D eigenvalue weighted by Crippen LogP contribution is 1.85. The van der Waals surface area contributed by atoms with Gasteiger partial charge in [0.1, 0.15) is 13.2 Å². The van der Waals surface area contributed by atoms with Gasteiger partial charge in [0.15, 0.2) is 0 Å². The van der Waals surface area contributed by atoms with E-state index in [1.54, 1.807) is 0 Å². The summed E-state index contributed by atoms with van der Waals surface area (Å²) in [4.78, 5) is 0. The monoisotopic (exact) mass is 133 g/mol. The summed E-state index contributed by atoms with van der Waals surface area (Å²) in [6.07, 6.45) is -0.307. The molecule has 0 aromatic rings. The molecular weight excluding hydrogens is 122 g/mol. The van der Waals surface area contributed by atoms with E-state index in [-0.39, 0.29) is 11.3 Å². The lowest BCUT2D eigenvalue weighted by molar-refractivity contribution is -0.910. The molecule has 1 rings (SSSR count). The van der Waals surface area contributed by atoms with Gasteiger partial charge in [-0.2, -0.15) is 0 Å². The van der Waals surface area contributed by atoms with Crippen LogP contribution in [0.5, 0.6) is 0 Å². The van der Waals surface area contributed by atoms with Gasteiger partial charge in [-0.3, -0.25) is 0 Å². The van der Waals surface area contributed by atoms with Gasteiger partial charge < -0.3 is 19.7 Å². The lowest BCUT2D eigenvalue weighted by Crippen LogP contribution is -3.14. The third-order valence-corrected chi connectivity index (χ3v) is 1.41. The molecular formula is C5H11NO3. The minimum atomic E-state index is -0.307. The predicted molar refractivity (Wildman–Crippen MR) is 30.8 cm³/mol. The molecule has 1 saturated heterocycles. The highest BCUT2D eigenvalue weighted by Gasteiger charge is 2.18. The molecule has 4 heteroatoms. The highest BCUT2D eigenvalue weighted by molar-refractivity contribution is 4.45. The molecule has 0 bridgehead atoms. The summed E-state index contributed by atoms with van der Waals surface area (Å²) >= 11 is 0. The van der Waals surface area contributed by atoms with Crippen LogP contribution in [0.2, 0.25) is 0 Å². The number of rotatable bonds is 1. The fraction of sp³-hybridized carbons (Fsp3) is 1.00. The molecule has 0 aromatic heterocycles. The minimum Gasteiger partial charge on any atom is -0.632 e. The molecule has 0 aromatic carbocycles. The van der Waals surface area contributed by atoms with Gasteiger partial charge in [0.05, 0.1) is 6.61 Å². The van der Waals surface area contributed by atoms with Crippen molar-refractivity contribution in [1.82, 2.24) is 0 Å². The van der Waals surface area contributed by atoms with Crippen LogP contribution >= 0.6 is 0 Å². The van der Waals surface area contributed by atoms with Crippen molar-refractivity contribution in [3.8, 4) is 0 Å². The summed E-state index contributed by atoms with van der Waals surface area (Å²) in [5.41, 5.74) is 0. The van der Waals surface area contributed by atoms with E-state index in [0.29, 0.717) is 19.8 Å². The number of nitrogens with one attached hydrogen (secondary N) is 1. The van der Waals surface area contributed by atoms with E-state index in [1.807, 2.05) is 0 Å². The van der Waals surface area contributed by atoms with Crippen LogP contribution < -0.4 is 5.06 Å². The largest absolute Gasteiger partial charge is 0.632 e. The van der Waals surface area contributed by atoms with Gasteiger partial charge in [0.25, 0.3) is 0 Å². The zero-order chi connectivity index (χ0) is 6.69. The minimum absolute atomic E-state index is 0.156. The van der Waals surface area contributed by atoms with Crippen LogP contribution in [0.3, 0.4) is 0 Å². The molecule has 4 nitrogen and oxygen atoms in total. The first kappa shape index (κ1) is 6.95. The first-order chi connectivity index (χ1) is 4.34. The summed E-state index contributed by atoms with van der Waals surface area (Å²) in [7, 11) is 1.53. The van der Waals surface area contributed by atoms with Crippen molar-refractivity contribution in [2.45, 2.75) is 6.23 Å². The van der Waals surface area contributed by atoms with Crippen molar-refractivity contribution in [1.29, 1.82) is 0 Å². The molecule has 0 saturated carbocycles. The number of hydrogen-bond acceptors (Lipinski definition) is 3. The molecule has 0 amide bonds. The fourth-order valence-electron chi connectivity index (χ4n) is 0.817. The fourth-order valence-corrected chi connectivity index (χ4v) is 0.817. The number of hydroxylamine groups is 2. The summed E-state index contributed by atoms with van der Waals surface area (Å²) in [6, 6.07) is 0. The maximum Gasteiger partial charge on any atom is 0.215 e. The number of hydrogen-bond donors (Lipinski definition) is 1. The molecule has 0 spiro atoms. The standard InChI is InChI=1S/C5H11NO3/c1-8-5-4-9-3-2-6(5)7/h5-6H,2-4H2,1H3. The Bertz CT molecular complexity index is 88.3. The second-order valence-corrected chi connectivity index (χ2v) is 2.02. The molecule has 1 heterocycles. The normalized spacial score (nSPS) is 36.7. The molecule has 2 atom stereocenters. The second kappa shape index (κ2) is 3.12. The topological polar surface area (TPSA) is 46.0 Å². The van der Waals surface area contributed by atoms with E-state index in [1.165, 1.54) is 7.11 Å². The van der Waals surface area contributed by atoms with Gasteiger partial charge in [-0.1, -0.05) is 0 Å². The Hall–Kier alpha value is -0.160. The van der Waals surface area contributed by atoms with Gasteiger partial charge in [0.2, 0.25) is 6.23 Å². The van der Waals surface area contributed by atoms with Crippen LogP contribution in [0.15, 0.2) is 0 Å². The van der Waals surface area contributed by atoms with Crippen LogP contribution in [0.1, 0.15) is 0 Å². The van der Waals surface area contributed by atoms with Crippen molar-refractivity contribution in [2.24, 2.45) is 0 Å². The van der Waals surface area contributed by atoms with Gasteiger partial charge in [-0.25, -0.2) is 0 Å². The molecule has 0 aliphatic carbocycles. The van der Waals surface area contributed by atoms with Crippen LogP contribution in [0.4, 0.5) is 0 Å². The van der Waals surface area contributed by atoms with Crippen molar-refractivity contribution < 1.29 is 14.5 Å². The van der Waals surface area contributed by atoms with Crippen LogP contribution in [-0.4, -0.2) is 33.1 Å². The number of quaternary nitrogens is 1. The van der Waals surface area contributed by atoms with E-state index in [0.717, 1.165) is 0 Å². The third kappa shape index (κ3) is 1.62. The van der Waals surface area contributed by atoms with Gasteiger partial charge in [-0.05, 0) is 0 Å². The molecule has 1 aliphatic rings. The Kier molecular flexibility index (Phi) is 2.41. The van der Waals surface area contributed by atoms with E-state index < -0.39 is 0 Å². The first-order valence-electron chi connectivity index (χ1n) is 2.98. The molecule has 1 N–H and O–H groups in total. The third-order valence-electron chi connectivity index (χ3n) is 1.41. The van der Waals surface area contributed by atoms with Crippen molar-refractivity contribution in [2.75, 3.05) is 26.9 Å². The van der Waals surface area contributed by atoms with E-state index in [9.17, 15) is 5.21 Å². The molecule has 2 unspecified atom stereocenters. The Labute approximate surface area is 53.9 Å². The van der Waals surface area contributed by atoms with E-state index in [4.69, 9.17) is 9.47 Å². The van der Waals surface area contributed by atoms with E-state index >= 15 is 0 Å². The molecule has 54 valence electrons. The number of ether oxygens (including phenoxy) is 2. The average Bonchev–Trinajstić information content (AvgIpc) is 1.89. The van der Waals surface area contributed by atoms with Crippen LogP contribution in [0.25, 0.3) is 0 Å². The van der Waals surface area contributed by atoms with Crippen LogP contribution in [0, 0.1) is 5.21 Å². The van der Waals surface area contributed by atoms with Crippen molar-refractivity contribution >= 4 is 0 Å². The Morgan fingerprint density at radius 2 is 2.56 bits per heavy atom. The highest BCUT2D eigenvalue weighted by atomic mass is 16.6. The maximum atomic E-state index is 10.8. The molecule has 0 radical (unpaired) electrons. The predicted octanol–water partition coefficient (Wildman–Crippen LogP) is -1.63. The van der Waals surface area contributed by atoms with Gasteiger partial charge >= 0.3 is 0 Å². The van der Waals surface area contributed by atoms with Crippen LogP contribution in [-0.2, 0) is 9.47 Å². The quantitative estimate of drug-likeness (QED) is 0.437. The SMILES string of the molecule is COC1COCC[NH+]1[O-]. The summed E-state index contributed by atoms with van der Waals surface area (Å²) in [5.74, 6) is 0. The summed E-state index contributed by atoms with van der Waals surface area (Å²) in [6.45, 7) is 1.48. The smallest absolute Gasteiger partial charge is 0.215 e. The maximum absolute atomic E-state index is 10.8. The summed E-state index contributed by atoms with van der Waals surface area (Å²) in [5, 5.41) is 11.0. The van der Waals surface area contributed by atoms with Gasteiger partial charge in [0, 0.05) is 7.11 Å². The lowest BCUT2D eigenvalue weighted by atomic mass is 10.5. The molecule has 1 aliphatic heterocycles. The number of methoxy groups -OCH3 is 1. The zero-order valence-electron chi connectivity index (χ0n) is 5.42. The molecule has 9 heavy (non-hydrogen) atoms. The Balaban J connectivity index is 2.30. The molecule has 1 fully saturated rings. The van der Waals surface area contributed by atoms with Crippen molar-refractivity contribution in [3.05, 3.63) is 5.21 Å². The zero-order valence-corrected chi connectivity index (χ0v) is 5.42. The van der Waals surface area contributed by atoms with E-state index in [2.05, 4.69) is 0 Å².